The fourth-order valence-corrected chi connectivity index (χ4v) is 2.20. The first-order valence-corrected chi connectivity index (χ1v) is 5.19. The van der Waals surface area contributed by atoms with E-state index < -0.39 is 11.7 Å². The Bertz CT molecular complexity index is 296. The van der Waals surface area contributed by atoms with Gasteiger partial charge in [0.1, 0.15) is 5.60 Å². The van der Waals surface area contributed by atoms with E-state index in [0.717, 1.165) is 18.4 Å². The van der Waals surface area contributed by atoms with Crippen LogP contribution in [0.5, 0.6) is 0 Å². The van der Waals surface area contributed by atoms with Crippen LogP contribution < -0.4 is 0 Å². The molecule has 1 aliphatic carbocycles. The van der Waals surface area contributed by atoms with Gasteiger partial charge in [0.25, 0.3) is 0 Å². The van der Waals surface area contributed by atoms with Crippen LogP contribution in [0.4, 0.5) is 0 Å². The molecule has 1 aliphatic rings. The molecule has 0 spiro atoms. The van der Waals surface area contributed by atoms with E-state index in [1.165, 1.54) is 0 Å². The molecule has 0 heterocycles. The second-order valence-electron chi connectivity index (χ2n) is 4.05. The van der Waals surface area contributed by atoms with Crippen LogP contribution in [-0.2, 0) is 5.60 Å². The van der Waals surface area contributed by atoms with Crippen molar-refractivity contribution in [2.75, 3.05) is 0 Å². The van der Waals surface area contributed by atoms with Gasteiger partial charge in [0, 0.05) is 0 Å². The molecule has 2 rings (SSSR count). The largest absolute Gasteiger partial charge is 0.390 e. The molecule has 2 N–H and O–H groups in total. The summed E-state index contributed by atoms with van der Waals surface area (Å²) >= 11 is 0. The lowest BCUT2D eigenvalue weighted by Gasteiger charge is -2.37. The average molecular weight is 192 g/mol. The Kier molecular flexibility index (Phi) is 2.57. The van der Waals surface area contributed by atoms with Crippen LogP contribution in [0.1, 0.15) is 31.2 Å². The molecule has 1 aromatic carbocycles. The van der Waals surface area contributed by atoms with Crippen LogP contribution in [0, 0.1) is 0 Å². The molecule has 0 aliphatic heterocycles. The van der Waals surface area contributed by atoms with Gasteiger partial charge >= 0.3 is 0 Å². The third-order valence-corrected chi connectivity index (χ3v) is 3.11. The van der Waals surface area contributed by atoms with Crippen LogP contribution in [0.25, 0.3) is 0 Å². The summed E-state index contributed by atoms with van der Waals surface area (Å²) in [7, 11) is 0. The first-order valence-electron chi connectivity index (χ1n) is 5.19. The van der Waals surface area contributed by atoms with Crippen molar-refractivity contribution in [3.05, 3.63) is 35.9 Å². The maximum Gasteiger partial charge on any atom is 0.115 e. The molecule has 14 heavy (non-hydrogen) atoms. The SMILES string of the molecule is O[C@@H]1CCCCC1(O)c1ccccc1. The van der Waals surface area contributed by atoms with E-state index in [1.54, 1.807) is 0 Å². The molecule has 0 saturated heterocycles. The van der Waals surface area contributed by atoms with Gasteiger partial charge in [-0.05, 0) is 18.4 Å². The van der Waals surface area contributed by atoms with Gasteiger partial charge < -0.3 is 10.2 Å². The minimum absolute atomic E-state index is 0.612. The molecule has 2 atom stereocenters. The van der Waals surface area contributed by atoms with Gasteiger partial charge in [-0.1, -0.05) is 43.2 Å². The van der Waals surface area contributed by atoms with E-state index in [0.29, 0.717) is 12.8 Å². The highest BCUT2D eigenvalue weighted by Gasteiger charge is 2.38. The minimum Gasteiger partial charge on any atom is -0.390 e. The number of hydrogen-bond donors (Lipinski definition) is 2. The Morgan fingerprint density at radius 3 is 2.50 bits per heavy atom. The molecule has 0 bridgehead atoms. The van der Waals surface area contributed by atoms with Crippen molar-refractivity contribution in [2.45, 2.75) is 37.4 Å². The standard InChI is InChI=1S/C12H16O2/c13-11-8-4-5-9-12(11,14)10-6-2-1-3-7-10/h1-3,6-7,11,13-14H,4-5,8-9H2/t11-,12?/m1/s1. The van der Waals surface area contributed by atoms with E-state index in [2.05, 4.69) is 0 Å². The maximum atomic E-state index is 10.4. The Morgan fingerprint density at radius 1 is 1.14 bits per heavy atom. The fraction of sp³-hybridized carbons (Fsp3) is 0.500. The van der Waals surface area contributed by atoms with Crippen molar-refractivity contribution in [3.8, 4) is 0 Å². The van der Waals surface area contributed by atoms with Crippen molar-refractivity contribution in [3.63, 3.8) is 0 Å². The minimum atomic E-state index is -1.01. The summed E-state index contributed by atoms with van der Waals surface area (Å²) in [4.78, 5) is 0. The summed E-state index contributed by atoms with van der Waals surface area (Å²) in [5.74, 6) is 0. The normalized spacial score (nSPS) is 32.9. The predicted molar refractivity (Wildman–Crippen MR) is 54.8 cm³/mol. The number of hydrogen-bond acceptors (Lipinski definition) is 2. The van der Waals surface area contributed by atoms with Crippen molar-refractivity contribution < 1.29 is 10.2 Å². The number of aliphatic hydroxyl groups excluding tert-OH is 1. The lowest BCUT2D eigenvalue weighted by molar-refractivity contribution is -0.106. The molecule has 0 aromatic heterocycles. The predicted octanol–water partition coefficient (Wildman–Crippen LogP) is 1.81. The third-order valence-electron chi connectivity index (χ3n) is 3.11. The summed E-state index contributed by atoms with van der Waals surface area (Å²) < 4.78 is 0. The van der Waals surface area contributed by atoms with E-state index in [4.69, 9.17) is 0 Å². The van der Waals surface area contributed by atoms with Gasteiger partial charge in [0.2, 0.25) is 0 Å². The Labute approximate surface area is 84.2 Å². The van der Waals surface area contributed by atoms with Crippen LogP contribution in [0.15, 0.2) is 30.3 Å². The van der Waals surface area contributed by atoms with Gasteiger partial charge in [0.15, 0.2) is 0 Å². The third kappa shape index (κ3) is 1.56. The van der Waals surface area contributed by atoms with E-state index in [9.17, 15) is 10.2 Å². The first-order chi connectivity index (χ1) is 6.73. The summed E-state index contributed by atoms with van der Waals surface area (Å²) in [5.41, 5.74) is -0.174. The van der Waals surface area contributed by atoms with Crippen molar-refractivity contribution in [1.29, 1.82) is 0 Å². The maximum absolute atomic E-state index is 10.4. The molecular weight excluding hydrogens is 176 g/mol. The van der Waals surface area contributed by atoms with E-state index in [1.807, 2.05) is 30.3 Å². The topological polar surface area (TPSA) is 40.5 Å². The van der Waals surface area contributed by atoms with Crippen LogP contribution in [0.3, 0.4) is 0 Å². The Balaban J connectivity index is 2.30. The highest BCUT2D eigenvalue weighted by Crippen LogP contribution is 2.36. The zero-order chi connectivity index (χ0) is 10.0. The lowest BCUT2D eigenvalue weighted by Crippen LogP contribution is -2.41. The van der Waals surface area contributed by atoms with Gasteiger partial charge in [-0.2, -0.15) is 0 Å². The van der Waals surface area contributed by atoms with Crippen LogP contribution in [0.2, 0.25) is 0 Å². The average Bonchev–Trinajstić information content (AvgIpc) is 2.24. The Morgan fingerprint density at radius 2 is 1.86 bits per heavy atom. The van der Waals surface area contributed by atoms with Crippen LogP contribution in [-0.4, -0.2) is 16.3 Å². The smallest absolute Gasteiger partial charge is 0.115 e. The monoisotopic (exact) mass is 192 g/mol. The second kappa shape index (κ2) is 3.71. The Hall–Kier alpha value is -0.860. The zero-order valence-electron chi connectivity index (χ0n) is 8.19. The van der Waals surface area contributed by atoms with Gasteiger partial charge in [0.05, 0.1) is 6.10 Å². The van der Waals surface area contributed by atoms with Gasteiger partial charge in [-0.3, -0.25) is 0 Å². The summed E-state index contributed by atoms with van der Waals surface area (Å²) in [6, 6.07) is 9.48. The molecule has 1 unspecified atom stereocenters. The van der Waals surface area contributed by atoms with E-state index in [-0.39, 0.29) is 0 Å². The molecule has 1 saturated carbocycles. The lowest BCUT2D eigenvalue weighted by atomic mass is 9.77. The van der Waals surface area contributed by atoms with E-state index >= 15 is 0 Å². The summed E-state index contributed by atoms with van der Waals surface area (Å²) in [6.45, 7) is 0. The van der Waals surface area contributed by atoms with Crippen molar-refractivity contribution in [1.82, 2.24) is 0 Å². The fourth-order valence-electron chi connectivity index (χ4n) is 2.20. The van der Waals surface area contributed by atoms with Crippen LogP contribution >= 0.6 is 0 Å². The highest BCUT2D eigenvalue weighted by atomic mass is 16.3. The van der Waals surface area contributed by atoms with Gasteiger partial charge in [-0.25, -0.2) is 0 Å². The second-order valence-corrected chi connectivity index (χ2v) is 4.05. The number of rotatable bonds is 1. The molecule has 1 aromatic rings. The first kappa shape index (κ1) is 9.69. The quantitative estimate of drug-likeness (QED) is 0.712. The number of aliphatic hydroxyl groups is 2. The van der Waals surface area contributed by atoms with Crippen molar-refractivity contribution in [2.24, 2.45) is 0 Å². The van der Waals surface area contributed by atoms with Gasteiger partial charge in [-0.15, -0.1) is 0 Å². The molecule has 76 valence electrons. The molecule has 0 radical (unpaired) electrons. The molecular formula is C12H16O2. The van der Waals surface area contributed by atoms with Crippen molar-refractivity contribution >= 4 is 0 Å². The molecule has 2 nitrogen and oxygen atoms in total. The zero-order valence-corrected chi connectivity index (χ0v) is 8.19. The summed E-state index contributed by atoms with van der Waals surface area (Å²) in [5, 5.41) is 20.2. The molecule has 2 heteroatoms. The number of benzene rings is 1. The summed E-state index contributed by atoms with van der Waals surface area (Å²) in [6.07, 6.45) is 2.75. The molecule has 0 amide bonds. The molecule has 1 fully saturated rings. The highest BCUT2D eigenvalue weighted by molar-refractivity contribution is 5.24.